The SMILES string of the molecule is CCOCCCn1c(=NC(=O)/C=C\c2ccc(Cl)cc2)c(C(=O)OCC)cc2c(=O)n3cccc(C)c3nc21. The fourth-order valence-electron chi connectivity index (χ4n) is 4.13. The molecule has 0 bridgehead atoms. The van der Waals surface area contributed by atoms with Crippen LogP contribution in [-0.2, 0) is 20.8 Å². The molecule has 0 unspecified atom stereocenters. The van der Waals surface area contributed by atoms with Gasteiger partial charge >= 0.3 is 5.97 Å². The lowest BCUT2D eigenvalue weighted by Crippen LogP contribution is -2.33. The third kappa shape index (κ3) is 6.32. The number of aryl methyl sites for hydroxylation is 2. The van der Waals surface area contributed by atoms with Crippen molar-refractivity contribution in [1.82, 2.24) is 14.0 Å². The third-order valence-corrected chi connectivity index (χ3v) is 6.23. The van der Waals surface area contributed by atoms with Crippen molar-refractivity contribution < 1.29 is 19.1 Å². The van der Waals surface area contributed by atoms with E-state index in [1.165, 1.54) is 16.5 Å². The number of rotatable bonds is 9. The molecule has 10 heteroatoms. The van der Waals surface area contributed by atoms with Gasteiger partial charge in [-0.2, -0.15) is 4.99 Å². The number of amides is 1. The molecule has 0 aliphatic carbocycles. The first-order valence-electron chi connectivity index (χ1n) is 12.7. The Morgan fingerprint density at radius 1 is 1.10 bits per heavy atom. The van der Waals surface area contributed by atoms with Crippen molar-refractivity contribution in [2.75, 3.05) is 19.8 Å². The van der Waals surface area contributed by atoms with E-state index in [1.807, 2.05) is 19.9 Å². The van der Waals surface area contributed by atoms with Gasteiger partial charge in [0.2, 0.25) is 0 Å². The zero-order valence-electron chi connectivity index (χ0n) is 22.0. The van der Waals surface area contributed by atoms with Crippen LogP contribution in [-0.4, -0.2) is 45.6 Å². The quantitative estimate of drug-likeness (QED) is 0.133. The highest BCUT2D eigenvalue weighted by Gasteiger charge is 2.20. The summed E-state index contributed by atoms with van der Waals surface area (Å²) in [6.07, 6.45) is 5.07. The predicted octanol–water partition coefficient (Wildman–Crippen LogP) is 4.36. The van der Waals surface area contributed by atoms with E-state index in [4.69, 9.17) is 26.1 Å². The van der Waals surface area contributed by atoms with Crippen LogP contribution in [0.4, 0.5) is 0 Å². The van der Waals surface area contributed by atoms with E-state index < -0.39 is 11.9 Å². The number of hydrogen-bond donors (Lipinski definition) is 0. The lowest BCUT2D eigenvalue weighted by molar-refractivity contribution is -0.113. The number of halogens is 1. The molecule has 4 aromatic rings. The predicted molar refractivity (Wildman–Crippen MR) is 150 cm³/mol. The van der Waals surface area contributed by atoms with Crippen molar-refractivity contribution in [3.63, 3.8) is 0 Å². The van der Waals surface area contributed by atoms with E-state index in [-0.39, 0.29) is 28.6 Å². The van der Waals surface area contributed by atoms with Gasteiger partial charge in [0.05, 0.1) is 12.0 Å². The molecule has 202 valence electrons. The number of nitrogens with zero attached hydrogens (tertiary/aromatic N) is 4. The number of aromatic nitrogens is 3. The van der Waals surface area contributed by atoms with Crippen molar-refractivity contribution in [3.8, 4) is 0 Å². The second-order valence-electron chi connectivity index (χ2n) is 8.68. The van der Waals surface area contributed by atoms with Gasteiger partial charge in [-0.25, -0.2) is 9.78 Å². The van der Waals surface area contributed by atoms with E-state index in [2.05, 4.69) is 4.99 Å². The van der Waals surface area contributed by atoms with Crippen LogP contribution in [0.5, 0.6) is 0 Å². The molecule has 0 spiro atoms. The number of benzene rings is 1. The summed E-state index contributed by atoms with van der Waals surface area (Å²) in [5, 5.41) is 0.790. The molecule has 9 nitrogen and oxygen atoms in total. The second kappa shape index (κ2) is 12.6. The Morgan fingerprint density at radius 2 is 1.87 bits per heavy atom. The van der Waals surface area contributed by atoms with E-state index in [0.29, 0.717) is 42.5 Å². The summed E-state index contributed by atoms with van der Waals surface area (Å²) >= 11 is 5.94. The molecule has 0 radical (unpaired) electrons. The fraction of sp³-hybridized carbons (Fsp3) is 0.276. The zero-order valence-corrected chi connectivity index (χ0v) is 22.8. The van der Waals surface area contributed by atoms with Gasteiger partial charge in [0.15, 0.2) is 5.49 Å². The van der Waals surface area contributed by atoms with Gasteiger partial charge in [0.1, 0.15) is 16.9 Å². The van der Waals surface area contributed by atoms with Crippen molar-refractivity contribution in [2.45, 2.75) is 33.7 Å². The zero-order chi connectivity index (χ0) is 27.9. The van der Waals surface area contributed by atoms with Crippen LogP contribution in [0.1, 0.15) is 41.8 Å². The second-order valence-corrected chi connectivity index (χ2v) is 9.11. The Labute approximate surface area is 230 Å². The summed E-state index contributed by atoms with van der Waals surface area (Å²) in [6.45, 7) is 6.82. The molecule has 0 fully saturated rings. The summed E-state index contributed by atoms with van der Waals surface area (Å²) in [7, 11) is 0. The maximum absolute atomic E-state index is 13.5. The Kier molecular flexibility index (Phi) is 9.06. The average Bonchev–Trinajstić information content (AvgIpc) is 2.92. The van der Waals surface area contributed by atoms with Gasteiger partial charge in [-0.05, 0) is 68.7 Å². The van der Waals surface area contributed by atoms with Gasteiger partial charge in [0.25, 0.3) is 11.5 Å². The lowest BCUT2D eigenvalue weighted by atomic mass is 10.2. The fourth-order valence-corrected chi connectivity index (χ4v) is 4.26. The third-order valence-electron chi connectivity index (χ3n) is 5.98. The minimum atomic E-state index is -0.695. The van der Waals surface area contributed by atoms with Crippen LogP contribution in [0.25, 0.3) is 22.8 Å². The molecule has 1 aromatic carbocycles. The Morgan fingerprint density at radius 3 is 2.59 bits per heavy atom. The molecule has 0 saturated heterocycles. The van der Waals surface area contributed by atoms with Crippen molar-refractivity contribution in [2.24, 2.45) is 4.99 Å². The summed E-state index contributed by atoms with van der Waals surface area (Å²) in [5.74, 6) is -1.29. The average molecular weight is 549 g/mol. The largest absolute Gasteiger partial charge is 0.462 e. The molecule has 39 heavy (non-hydrogen) atoms. The van der Waals surface area contributed by atoms with Crippen LogP contribution >= 0.6 is 11.6 Å². The van der Waals surface area contributed by atoms with Crippen LogP contribution in [0.2, 0.25) is 5.02 Å². The Balaban J connectivity index is 1.98. The molecule has 0 aliphatic rings. The highest BCUT2D eigenvalue weighted by atomic mass is 35.5. The van der Waals surface area contributed by atoms with Crippen LogP contribution < -0.4 is 11.0 Å². The van der Waals surface area contributed by atoms with Gasteiger partial charge in [-0.1, -0.05) is 29.8 Å². The molecule has 0 N–H and O–H groups in total. The molecule has 4 rings (SSSR count). The monoisotopic (exact) mass is 548 g/mol. The molecule has 0 atom stereocenters. The smallest absolute Gasteiger partial charge is 0.341 e. The number of pyridine rings is 2. The number of esters is 1. The van der Waals surface area contributed by atoms with Gasteiger partial charge in [-0.3, -0.25) is 14.0 Å². The van der Waals surface area contributed by atoms with E-state index in [1.54, 1.807) is 54.1 Å². The van der Waals surface area contributed by atoms with E-state index in [0.717, 1.165) is 11.1 Å². The molecule has 3 heterocycles. The highest BCUT2D eigenvalue weighted by molar-refractivity contribution is 6.30. The topological polar surface area (TPSA) is 104 Å². The Hall–Kier alpha value is -4.08. The standard InChI is InChI=1S/C29H29ClN4O5/c1-4-38-17-7-16-33-26-22(28(36)34-15-6-8-19(3)25(34)32-26)18-23(29(37)39-5-2)27(33)31-24(35)14-11-20-9-12-21(30)13-10-20/h6,8-15,18H,4-5,7,16-17H2,1-3H3/b14-11-,31-27?. The lowest BCUT2D eigenvalue weighted by Gasteiger charge is -2.15. The van der Waals surface area contributed by atoms with Crippen molar-refractivity contribution >= 4 is 46.2 Å². The van der Waals surface area contributed by atoms with Gasteiger partial charge in [-0.15, -0.1) is 0 Å². The number of carbonyl (C=O) groups is 2. The minimum Gasteiger partial charge on any atom is -0.462 e. The van der Waals surface area contributed by atoms with Crippen molar-refractivity contribution in [1.29, 1.82) is 0 Å². The molecule has 1 amide bonds. The summed E-state index contributed by atoms with van der Waals surface area (Å²) in [6, 6.07) is 12.0. The molecule has 0 saturated carbocycles. The first-order chi connectivity index (χ1) is 18.8. The summed E-state index contributed by atoms with van der Waals surface area (Å²) in [4.78, 5) is 48.7. The normalized spacial score (nSPS) is 12.1. The number of fused-ring (bicyclic) bond motifs is 2. The van der Waals surface area contributed by atoms with Gasteiger partial charge in [0, 0.05) is 37.1 Å². The maximum atomic E-state index is 13.5. The van der Waals surface area contributed by atoms with Crippen LogP contribution in [0.15, 0.2) is 64.5 Å². The first-order valence-corrected chi connectivity index (χ1v) is 13.0. The molecule has 3 aromatic heterocycles. The van der Waals surface area contributed by atoms with E-state index in [9.17, 15) is 14.4 Å². The minimum absolute atomic E-state index is 0.000468. The number of carbonyl (C=O) groups excluding carboxylic acids is 2. The molecular formula is C29H29ClN4O5. The number of hydrogen-bond acceptors (Lipinski definition) is 6. The summed E-state index contributed by atoms with van der Waals surface area (Å²) in [5.41, 5.74) is 2.06. The maximum Gasteiger partial charge on any atom is 0.341 e. The van der Waals surface area contributed by atoms with Crippen LogP contribution in [0.3, 0.4) is 0 Å². The number of ether oxygens (including phenoxy) is 2. The first kappa shape index (κ1) is 27.9. The summed E-state index contributed by atoms with van der Waals surface area (Å²) < 4.78 is 13.8. The molecule has 0 aliphatic heterocycles. The highest BCUT2D eigenvalue weighted by Crippen LogP contribution is 2.15. The molecular weight excluding hydrogens is 520 g/mol. The van der Waals surface area contributed by atoms with Crippen LogP contribution in [0, 0.1) is 6.92 Å². The van der Waals surface area contributed by atoms with Gasteiger partial charge < -0.3 is 14.0 Å². The Bertz CT molecular complexity index is 1690. The van der Waals surface area contributed by atoms with Crippen molar-refractivity contribution in [3.05, 3.63) is 92.3 Å². The van der Waals surface area contributed by atoms with E-state index >= 15 is 0 Å².